The van der Waals surface area contributed by atoms with Gasteiger partial charge in [0.1, 0.15) is 19.3 Å². The molecule has 0 aromatic heterocycles. The number of nitrogens with one attached hydrogen (secondary N) is 1. The van der Waals surface area contributed by atoms with Gasteiger partial charge in [0, 0.05) is 12.8 Å². The summed E-state index contributed by atoms with van der Waals surface area (Å²) in [5.74, 6) is -0.544. The van der Waals surface area contributed by atoms with Crippen LogP contribution >= 0.6 is 7.82 Å². The van der Waals surface area contributed by atoms with Crippen molar-refractivity contribution in [3.63, 3.8) is 0 Å². The lowest BCUT2D eigenvalue weighted by molar-refractivity contribution is -0.870. The molecule has 0 aliphatic heterocycles. The minimum absolute atomic E-state index is 0.0240. The molecule has 0 fully saturated rings. The maximum Gasteiger partial charge on any atom is 0.306 e. The number of hydrogen-bond acceptors (Lipinski definition) is 7. The standard InChI is InChI=1S/C64H121N2O7P/c1-7-10-13-16-19-22-25-28-30-31-32-33-34-35-37-39-42-45-48-51-54-57-64(68)73-62(55-52-49-46-43-40-27-24-21-18-15-12-9-3)61(60-72-74(69,70)71-59-58-66(4,5)6)65-63(67)56-53-50-47-44-41-38-36-29-26-23-20-17-14-11-8-2/h11,14,17,20,23,26,52,55,61-62H,7-10,12-13,15-16,18-19,21-22,24-25,27-51,53-54,56-60H2,1-6H3,(H-,65,67,69,70)/b14-11+,20-17+,26-23+,55-52-. The first-order chi connectivity index (χ1) is 35.9. The number of hydrogen-bond donors (Lipinski definition) is 1. The van der Waals surface area contributed by atoms with E-state index in [-0.39, 0.29) is 24.9 Å². The van der Waals surface area contributed by atoms with Gasteiger partial charge in [0.2, 0.25) is 5.91 Å². The third-order valence-corrected chi connectivity index (χ3v) is 15.0. The molecule has 0 heterocycles. The number of ether oxygens (including phenoxy) is 1. The molecule has 0 aliphatic carbocycles. The molecule has 0 bridgehead atoms. The third-order valence-electron chi connectivity index (χ3n) is 14.1. The zero-order chi connectivity index (χ0) is 54.3. The van der Waals surface area contributed by atoms with Crippen LogP contribution in [0.2, 0.25) is 0 Å². The van der Waals surface area contributed by atoms with E-state index in [1.807, 2.05) is 33.3 Å². The molecule has 0 saturated carbocycles. The maximum absolute atomic E-state index is 13.5. The van der Waals surface area contributed by atoms with E-state index in [1.165, 1.54) is 186 Å². The number of amides is 1. The van der Waals surface area contributed by atoms with Crippen LogP contribution in [0, 0.1) is 0 Å². The summed E-state index contributed by atoms with van der Waals surface area (Å²) in [6.45, 7) is 6.73. The lowest BCUT2D eigenvalue weighted by atomic mass is 10.0. The normalized spacial score (nSPS) is 14.0. The van der Waals surface area contributed by atoms with Crippen molar-refractivity contribution >= 4 is 19.7 Å². The van der Waals surface area contributed by atoms with Crippen LogP contribution in [-0.4, -0.2) is 69.4 Å². The molecule has 0 spiro atoms. The molecule has 9 nitrogen and oxygen atoms in total. The van der Waals surface area contributed by atoms with Crippen LogP contribution in [0.25, 0.3) is 0 Å². The minimum Gasteiger partial charge on any atom is -0.756 e. The van der Waals surface area contributed by atoms with E-state index in [0.29, 0.717) is 17.4 Å². The van der Waals surface area contributed by atoms with Gasteiger partial charge in [0.15, 0.2) is 0 Å². The number of nitrogens with zero attached hydrogens (tertiary/aromatic N) is 1. The van der Waals surface area contributed by atoms with Crippen molar-refractivity contribution < 1.29 is 37.3 Å². The molecule has 0 aliphatic rings. The summed E-state index contributed by atoms with van der Waals surface area (Å²) in [6.07, 6.45) is 66.5. The average Bonchev–Trinajstić information content (AvgIpc) is 3.36. The Morgan fingerprint density at radius 1 is 0.486 bits per heavy atom. The second kappa shape index (κ2) is 54.3. The van der Waals surface area contributed by atoms with Gasteiger partial charge in [-0.1, -0.05) is 282 Å². The van der Waals surface area contributed by atoms with Crippen molar-refractivity contribution in [1.82, 2.24) is 5.32 Å². The summed E-state index contributed by atoms with van der Waals surface area (Å²) in [5, 5.41) is 3.02. The Labute approximate surface area is 458 Å². The Morgan fingerprint density at radius 3 is 1.28 bits per heavy atom. The van der Waals surface area contributed by atoms with Crippen molar-refractivity contribution in [2.45, 2.75) is 309 Å². The van der Waals surface area contributed by atoms with E-state index in [2.05, 4.69) is 62.5 Å². The smallest absolute Gasteiger partial charge is 0.306 e. The fourth-order valence-corrected chi connectivity index (χ4v) is 9.95. The molecule has 10 heteroatoms. The third kappa shape index (κ3) is 54.7. The topological polar surface area (TPSA) is 114 Å². The molecule has 0 radical (unpaired) electrons. The number of phosphoric ester groups is 1. The summed E-state index contributed by atoms with van der Waals surface area (Å²) in [4.78, 5) is 40.0. The van der Waals surface area contributed by atoms with Gasteiger partial charge < -0.3 is 28.5 Å². The van der Waals surface area contributed by atoms with Gasteiger partial charge in [-0.25, -0.2) is 0 Å². The van der Waals surface area contributed by atoms with Gasteiger partial charge in [-0.15, -0.1) is 0 Å². The van der Waals surface area contributed by atoms with Crippen molar-refractivity contribution in [3.8, 4) is 0 Å². The molecule has 0 rings (SSSR count). The van der Waals surface area contributed by atoms with Crippen molar-refractivity contribution in [2.75, 3.05) is 40.9 Å². The zero-order valence-electron chi connectivity index (χ0n) is 49.6. The van der Waals surface area contributed by atoms with E-state index in [1.54, 1.807) is 0 Å². The number of phosphoric acid groups is 1. The number of carbonyl (C=O) groups is 2. The number of esters is 1. The first-order valence-corrected chi connectivity index (χ1v) is 32.9. The second-order valence-electron chi connectivity index (χ2n) is 22.6. The monoisotopic (exact) mass is 1060 g/mol. The van der Waals surface area contributed by atoms with Crippen LogP contribution in [0.15, 0.2) is 48.6 Å². The quantitative estimate of drug-likeness (QED) is 0.0161. The molecular formula is C64H121N2O7P. The molecule has 0 aromatic rings. The van der Waals surface area contributed by atoms with E-state index >= 15 is 0 Å². The zero-order valence-corrected chi connectivity index (χ0v) is 50.4. The number of likely N-dealkylation sites (N-methyl/N-ethyl adjacent to an activating group) is 1. The van der Waals surface area contributed by atoms with Gasteiger partial charge in [-0.05, 0) is 51.0 Å². The Morgan fingerprint density at radius 2 is 0.865 bits per heavy atom. The van der Waals surface area contributed by atoms with E-state index < -0.39 is 26.6 Å². The van der Waals surface area contributed by atoms with Gasteiger partial charge in [-0.3, -0.25) is 14.2 Å². The fraction of sp³-hybridized carbons (Fsp3) is 0.844. The number of allylic oxidation sites excluding steroid dienone is 7. The van der Waals surface area contributed by atoms with Crippen LogP contribution < -0.4 is 10.2 Å². The predicted octanol–water partition coefficient (Wildman–Crippen LogP) is 18.6. The summed E-state index contributed by atoms with van der Waals surface area (Å²) in [6, 6.07) is -0.892. The molecule has 1 N–H and O–H groups in total. The van der Waals surface area contributed by atoms with Crippen LogP contribution in [0.5, 0.6) is 0 Å². The SMILES string of the molecule is CC/C=C/C=C/C=C/CCCCCCCCCC(=O)NC(COP(=O)([O-])OCC[N+](C)(C)C)C(/C=C\CCCCCCCCCCCC)OC(=O)CCCCCCCCCCCCCCCCCCCCCCC. The van der Waals surface area contributed by atoms with Crippen LogP contribution in [0.1, 0.15) is 297 Å². The summed E-state index contributed by atoms with van der Waals surface area (Å²) in [7, 11) is 1.18. The molecule has 434 valence electrons. The molecular weight excluding hydrogens is 940 g/mol. The van der Waals surface area contributed by atoms with Gasteiger partial charge >= 0.3 is 5.97 Å². The molecule has 0 saturated heterocycles. The van der Waals surface area contributed by atoms with E-state index in [0.717, 1.165) is 77.0 Å². The van der Waals surface area contributed by atoms with Crippen molar-refractivity contribution in [2.24, 2.45) is 0 Å². The second-order valence-corrected chi connectivity index (χ2v) is 24.0. The van der Waals surface area contributed by atoms with Gasteiger partial charge in [0.25, 0.3) is 7.82 Å². The van der Waals surface area contributed by atoms with Crippen LogP contribution in [0.4, 0.5) is 0 Å². The Kier molecular flexibility index (Phi) is 52.8. The highest BCUT2D eigenvalue weighted by Gasteiger charge is 2.27. The fourth-order valence-electron chi connectivity index (χ4n) is 9.23. The number of rotatable bonds is 57. The highest BCUT2D eigenvalue weighted by molar-refractivity contribution is 7.45. The first-order valence-electron chi connectivity index (χ1n) is 31.5. The number of carbonyl (C=O) groups excluding carboxylic acids is 2. The van der Waals surface area contributed by atoms with Crippen LogP contribution in [-0.2, 0) is 27.9 Å². The van der Waals surface area contributed by atoms with Crippen molar-refractivity contribution in [1.29, 1.82) is 0 Å². The molecule has 1 amide bonds. The molecule has 0 aromatic carbocycles. The Bertz CT molecular complexity index is 1410. The highest BCUT2D eigenvalue weighted by atomic mass is 31.2. The molecule has 74 heavy (non-hydrogen) atoms. The van der Waals surface area contributed by atoms with Crippen molar-refractivity contribution in [3.05, 3.63) is 48.6 Å². The summed E-state index contributed by atoms with van der Waals surface area (Å²) >= 11 is 0. The van der Waals surface area contributed by atoms with Gasteiger partial charge in [0.05, 0.1) is 33.8 Å². The summed E-state index contributed by atoms with van der Waals surface area (Å²) < 4.78 is 30.3. The number of quaternary nitrogens is 1. The average molecular weight is 1060 g/mol. The Hall–Kier alpha value is -2.03. The molecule has 3 unspecified atom stereocenters. The molecule has 3 atom stereocenters. The lowest BCUT2D eigenvalue weighted by Gasteiger charge is -2.30. The largest absolute Gasteiger partial charge is 0.756 e. The van der Waals surface area contributed by atoms with E-state index in [4.69, 9.17) is 13.8 Å². The first kappa shape index (κ1) is 72.0. The predicted molar refractivity (Wildman–Crippen MR) is 316 cm³/mol. The number of unbranched alkanes of at least 4 members (excludes halogenated alkanes) is 37. The maximum atomic E-state index is 13.5. The lowest BCUT2D eigenvalue weighted by Crippen LogP contribution is -2.47. The van der Waals surface area contributed by atoms with Gasteiger partial charge in [-0.2, -0.15) is 0 Å². The Balaban J connectivity index is 5.18. The van der Waals surface area contributed by atoms with Crippen LogP contribution in [0.3, 0.4) is 0 Å². The summed E-state index contributed by atoms with van der Waals surface area (Å²) in [5.41, 5.74) is 0. The minimum atomic E-state index is -4.70. The highest BCUT2D eigenvalue weighted by Crippen LogP contribution is 2.38. The van der Waals surface area contributed by atoms with E-state index in [9.17, 15) is 19.0 Å².